The van der Waals surface area contributed by atoms with Crippen molar-refractivity contribution in [1.29, 1.82) is 0 Å². The van der Waals surface area contributed by atoms with Crippen molar-refractivity contribution in [2.45, 2.75) is 52.2 Å². The Morgan fingerprint density at radius 3 is 2.88 bits per heavy atom. The third-order valence-electron chi connectivity index (χ3n) is 3.46. The van der Waals surface area contributed by atoms with E-state index in [1.54, 1.807) is 0 Å². The SMILES string of the molecule is CCNC(C)CCNCC1CCOC1CC. The van der Waals surface area contributed by atoms with Gasteiger partial charge >= 0.3 is 0 Å². The molecule has 1 saturated heterocycles. The van der Waals surface area contributed by atoms with Gasteiger partial charge in [0, 0.05) is 19.2 Å². The Balaban J connectivity index is 2.02. The van der Waals surface area contributed by atoms with E-state index >= 15 is 0 Å². The van der Waals surface area contributed by atoms with Crippen LogP contribution < -0.4 is 10.6 Å². The van der Waals surface area contributed by atoms with E-state index in [1.165, 1.54) is 12.8 Å². The Bertz CT molecular complexity index is 175. The number of hydrogen-bond donors (Lipinski definition) is 2. The van der Waals surface area contributed by atoms with Crippen LogP contribution in [-0.4, -0.2) is 38.4 Å². The lowest BCUT2D eigenvalue weighted by atomic mass is 10.00. The zero-order valence-corrected chi connectivity index (χ0v) is 11.1. The molecule has 0 saturated carbocycles. The minimum atomic E-state index is 0.499. The summed E-state index contributed by atoms with van der Waals surface area (Å²) < 4.78 is 5.68. The van der Waals surface area contributed by atoms with Crippen LogP contribution >= 0.6 is 0 Å². The maximum atomic E-state index is 5.68. The highest BCUT2D eigenvalue weighted by Crippen LogP contribution is 2.22. The van der Waals surface area contributed by atoms with Gasteiger partial charge in [-0.05, 0) is 45.2 Å². The lowest BCUT2D eigenvalue weighted by Crippen LogP contribution is -2.33. The molecule has 1 aliphatic heterocycles. The average molecular weight is 228 g/mol. The summed E-state index contributed by atoms with van der Waals surface area (Å²) in [6.45, 7) is 10.9. The van der Waals surface area contributed by atoms with Crippen LogP contribution in [0, 0.1) is 5.92 Å². The summed E-state index contributed by atoms with van der Waals surface area (Å²) in [4.78, 5) is 0. The maximum Gasteiger partial charge on any atom is 0.0613 e. The van der Waals surface area contributed by atoms with E-state index in [4.69, 9.17) is 4.74 Å². The average Bonchev–Trinajstić information content (AvgIpc) is 2.72. The van der Waals surface area contributed by atoms with Crippen LogP contribution in [0.4, 0.5) is 0 Å². The van der Waals surface area contributed by atoms with Gasteiger partial charge in [0.2, 0.25) is 0 Å². The summed E-state index contributed by atoms with van der Waals surface area (Å²) in [6, 6.07) is 0.624. The lowest BCUT2D eigenvalue weighted by molar-refractivity contribution is 0.0873. The molecule has 3 heteroatoms. The molecule has 2 N–H and O–H groups in total. The molecule has 1 heterocycles. The van der Waals surface area contributed by atoms with E-state index < -0.39 is 0 Å². The molecule has 0 bridgehead atoms. The molecule has 1 rings (SSSR count). The second kappa shape index (κ2) is 8.04. The van der Waals surface area contributed by atoms with Crippen molar-refractivity contribution in [3.05, 3.63) is 0 Å². The Morgan fingerprint density at radius 2 is 2.19 bits per heavy atom. The Kier molecular flexibility index (Phi) is 7.01. The minimum Gasteiger partial charge on any atom is -0.378 e. The fourth-order valence-corrected chi connectivity index (χ4v) is 2.43. The molecule has 3 atom stereocenters. The van der Waals surface area contributed by atoms with Crippen molar-refractivity contribution in [1.82, 2.24) is 10.6 Å². The molecule has 0 aromatic carbocycles. The first-order chi connectivity index (χ1) is 7.77. The van der Waals surface area contributed by atoms with Gasteiger partial charge in [0.15, 0.2) is 0 Å². The first-order valence-corrected chi connectivity index (χ1v) is 6.83. The molecule has 96 valence electrons. The monoisotopic (exact) mass is 228 g/mol. The van der Waals surface area contributed by atoms with Gasteiger partial charge in [0.05, 0.1) is 6.10 Å². The van der Waals surface area contributed by atoms with Gasteiger partial charge in [-0.15, -0.1) is 0 Å². The van der Waals surface area contributed by atoms with E-state index in [2.05, 4.69) is 31.4 Å². The normalized spacial score (nSPS) is 27.2. The summed E-state index contributed by atoms with van der Waals surface area (Å²) in [5.41, 5.74) is 0. The van der Waals surface area contributed by atoms with Crippen molar-refractivity contribution in [2.75, 3.05) is 26.2 Å². The topological polar surface area (TPSA) is 33.3 Å². The number of hydrogen-bond acceptors (Lipinski definition) is 3. The van der Waals surface area contributed by atoms with E-state index in [0.29, 0.717) is 12.1 Å². The van der Waals surface area contributed by atoms with Gasteiger partial charge < -0.3 is 15.4 Å². The molecule has 0 aromatic rings. The summed E-state index contributed by atoms with van der Waals surface area (Å²) in [5, 5.41) is 6.99. The lowest BCUT2D eigenvalue weighted by Gasteiger charge is -2.18. The quantitative estimate of drug-likeness (QED) is 0.621. The van der Waals surface area contributed by atoms with Crippen LogP contribution in [0.5, 0.6) is 0 Å². The molecule has 0 aromatic heterocycles. The Labute approximate surface area is 100 Å². The Morgan fingerprint density at radius 1 is 1.38 bits per heavy atom. The molecule has 0 spiro atoms. The molecule has 3 nitrogen and oxygen atoms in total. The van der Waals surface area contributed by atoms with Crippen molar-refractivity contribution in [2.24, 2.45) is 5.92 Å². The van der Waals surface area contributed by atoms with Crippen molar-refractivity contribution >= 4 is 0 Å². The van der Waals surface area contributed by atoms with Crippen LogP contribution in [0.3, 0.4) is 0 Å². The van der Waals surface area contributed by atoms with Gasteiger partial charge in [0.1, 0.15) is 0 Å². The van der Waals surface area contributed by atoms with E-state index in [9.17, 15) is 0 Å². The fourth-order valence-electron chi connectivity index (χ4n) is 2.43. The van der Waals surface area contributed by atoms with Crippen molar-refractivity contribution in [3.63, 3.8) is 0 Å². The summed E-state index contributed by atoms with van der Waals surface area (Å²) in [5.74, 6) is 0.736. The van der Waals surface area contributed by atoms with Crippen LogP contribution in [0.1, 0.15) is 40.0 Å². The van der Waals surface area contributed by atoms with Gasteiger partial charge in [-0.3, -0.25) is 0 Å². The highest BCUT2D eigenvalue weighted by atomic mass is 16.5. The molecule has 1 aliphatic rings. The fraction of sp³-hybridized carbons (Fsp3) is 1.00. The van der Waals surface area contributed by atoms with E-state index in [1.807, 2.05) is 0 Å². The third kappa shape index (κ3) is 4.81. The number of nitrogens with one attached hydrogen (secondary N) is 2. The molecule has 0 aliphatic carbocycles. The molecule has 3 unspecified atom stereocenters. The zero-order valence-electron chi connectivity index (χ0n) is 11.1. The van der Waals surface area contributed by atoms with Crippen molar-refractivity contribution in [3.8, 4) is 0 Å². The highest BCUT2D eigenvalue weighted by Gasteiger charge is 2.25. The van der Waals surface area contributed by atoms with Crippen LogP contribution in [-0.2, 0) is 4.74 Å². The second-order valence-electron chi connectivity index (χ2n) is 4.82. The maximum absolute atomic E-state index is 5.68. The first kappa shape index (κ1) is 13.9. The summed E-state index contributed by atoms with van der Waals surface area (Å²) >= 11 is 0. The van der Waals surface area contributed by atoms with Crippen molar-refractivity contribution < 1.29 is 4.74 Å². The molecular weight excluding hydrogens is 200 g/mol. The molecule has 0 amide bonds. The highest BCUT2D eigenvalue weighted by molar-refractivity contribution is 4.77. The van der Waals surface area contributed by atoms with Crippen LogP contribution in [0.25, 0.3) is 0 Å². The number of ether oxygens (including phenoxy) is 1. The predicted molar refractivity (Wildman–Crippen MR) is 68.8 cm³/mol. The standard InChI is InChI=1S/C13H28N2O/c1-4-13-12(7-9-16-13)10-14-8-6-11(3)15-5-2/h11-15H,4-10H2,1-3H3. The molecule has 16 heavy (non-hydrogen) atoms. The predicted octanol–water partition coefficient (Wildman–Crippen LogP) is 1.78. The molecule has 1 fully saturated rings. The molecular formula is C13H28N2O. The molecule has 0 radical (unpaired) electrons. The summed E-state index contributed by atoms with van der Waals surface area (Å²) in [7, 11) is 0. The first-order valence-electron chi connectivity index (χ1n) is 6.83. The minimum absolute atomic E-state index is 0.499. The zero-order chi connectivity index (χ0) is 11.8. The van der Waals surface area contributed by atoms with E-state index in [-0.39, 0.29) is 0 Å². The third-order valence-corrected chi connectivity index (χ3v) is 3.46. The van der Waals surface area contributed by atoms with Gasteiger partial charge in [0.25, 0.3) is 0 Å². The number of rotatable bonds is 8. The smallest absolute Gasteiger partial charge is 0.0613 e. The van der Waals surface area contributed by atoms with Gasteiger partial charge in [-0.25, -0.2) is 0 Å². The second-order valence-corrected chi connectivity index (χ2v) is 4.82. The largest absolute Gasteiger partial charge is 0.378 e. The summed E-state index contributed by atoms with van der Waals surface area (Å²) in [6.07, 6.45) is 4.09. The Hall–Kier alpha value is -0.120. The van der Waals surface area contributed by atoms with E-state index in [0.717, 1.165) is 38.6 Å². The van der Waals surface area contributed by atoms with Gasteiger partial charge in [-0.2, -0.15) is 0 Å². The van der Waals surface area contributed by atoms with Gasteiger partial charge in [-0.1, -0.05) is 13.8 Å². The van der Waals surface area contributed by atoms with Crippen LogP contribution in [0.2, 0.25) is 0 Å². The van der Waals surface area contributed by atoms with Crippen LogP contribution in [0.15, 0.2) is 0 Å².